The Morgan fingerprint density at radius 1 is 1.21 bits per heavy atom. The zero-order valence-electron chi connectivity index (χ0n) is 14.3. The Kier molecular flexibility index (Phi) is 5.25. The SMILES string of the molecule is CCCC(C)C(=O)N1CCc2ccccc2C1c1ccc(Cl)cc1. The Morgan fingerprint density at radius 3 is 2.62 bits per heavy atom. The maximum atomic E-state index is 13.0. The van der Waals surface area contributed by atoms with Crippen LogP contribution in [0.15, 0.2) is 48.5 Å². The molecule has 0 radical (unpaired) electrons. The summed E-state index contributed by atoms with van der Waals surface area (Å²) in [6.07, 6.45) is 2.89. The van der Waals surface area contributed by atoms with Crippen molar-refractivity contribution in [2.75, 3.05) is 6.54 Å². The molecule has 1 aliphatic heterocycles. The molecule has 0 aliphatic carbocycles. The molecule has 1 aliphatic rings. The number of hydrogen-bond acceptors (Lipinski definition) is 1. The summed E-state index contributed by atoms with van der Waals surface area (Å²) in [6, 6.07) is 16.4. The second-order valence-electron chi connectivity index (χ2n) is 6.62. The van der Waals surface area contributed by atoms with Gasteiger partial charge in [-0.25, -0.2) is 0 Å². The number of hydrogen-bond donors (Lipinski definition) is 0. The Morgan fingerprint density at radius 2 is 1.92 bits per heavy atom. The van der Waals surface area contributed by atoms with E-state index in [1.54, 1.807) is 0 Å². The lowest BCUT2D eigenvalue weighted by atomic mass is 9.87. The first-order valence-corrected chi connectivity index (χ1v) is 9.13. The molecule has 0 aromatic heterocycles. The standard InChI is InChI=1S/C21H24ClNO/c1-3-6-15(2)21(24)23-14-13-16-7-4-5-8-19(16)20(23)17-9-11-18(22)12-10-17/h4-5,7-12,15,20H,3,6,13-14H2,1-2H3. The van der Waals surface area contributed by atoms with Gasteiger partial charge in [0.05, 0.1) is 6.04 Å². The molecule has 2 atom stereocenters. The van der Waals surface area contributed by atoms with Crippen LogP contribution in [-0.4, -0.2) is 17.4 Å². The first-order chi connectivity index (χ1) is 11.6. The first kappa shape index (κ1) is 17.0. The third kappa shape index (κ3) is 3.34. The zero-order chi connectivity index (χ0) is 17.1. The second-order valence-corrected chi connectivity index (χ2v) is 7.06. The topological polar surface area (TPSA) is 20.3 Å². The average molecular weight is 342 g/mol. The highest BCUT2D eigenvalue weighted by atomic mass is 35.5. The molecule has 0 saturated heterocycles. The van der Waals surface area contributed by atoms with Gasteiger partial charge in [-0.1, -0.05) is 68.3 Å². The molecule has 2 unspecified atom stereocenters. The van der Waals surface area contributed by atoms with E-state index in [0.29, 0.717) is 0 Å². The molecular formula is C21H24ClNO. The molecule has 24 heavy (non-hydrogen) atoms. The predicted octanol–water partition coefficient (Wildman–Crippen LogP) is 5.25. The van der Waals surface area contributed by atoms with Crippen LogP contribution in [0.1, 0.15) is 49.4 Å². The minimum Gasteiger partial charge on any atom is -0.331 e. The van der Waals surface area contributed by atoms with Gasteiger partial charge >= 0.3 is 0 Å². The van der Waals surface area contributed by atoms with Crippen LogP contribution in [0.2, 0.25) is 5.02 Å². The van der Waals surface area contributed by atoms with E-state index < -0.39 is 0 Å². The highest BCUT2D eigenvalue weighted by Crippen LogP contribution is 2.36. The van der Waals surface area contributed by atoms with Crippen molar-refractivity contribution >= 4 is 17.5 Å². The van der Waals surface area contributed by atoms with Crippen LogP contribution in [0, 0.1) is 5.92 Å². The van der Waals surface area contributed by atoms with Gasteiger partial charge in [0.2, 0.25) is 5.91 Å². The zero-order valence-corrected chi connectivity index (χ0v) is 15.1. The number of carbonyl (C=O) groups is 1. The average Bonchev–Trinajstić information content (AvgIpc) is 2.61. The summed E-state index contributed by atoms with van der Waals surface area (Å²) in [4.78, 5) is 15.1. The van der Waals surface area contributed by atoms with Gasteiger partial charge in [0.15, 0.2) is 0 Å². The summed E-state index contributed by atoms with van der Waals surface area (Å²) in [5.74, 6) is 0.321. The first-order valence-electron chi connectivity index (χ1n) is 8.75. The minimum atomic E-state index is -0.0148. The summed E-state index contributed by atoms with van der Waals surface area (Å²) in [5.41, 5.74) is 3.70. The molecule has 0 bridgehead atoms. The molecule has 0 fully saturated rings. The molecule has 2 aromatic carbocycles. The van der Waals surface area contributed by atoms with Gasteiger partial charge in [-0.05, 0) is 41.7 Å². The molecule has 0 N–H and O–H groups in total. The smallest absolute Gasteiger partial charge is 0.226 e. The van der Waals surface area contributed by atoms with Crippen molar-refractivity contribution in [3.63, 3.8) is 0 Å². The largest absolute Gasteiger partial charge is 0.331 e. The van der Waals surface area contributed by atoms with Crippen molar-refractivity contribution in [2.24, 2.45) is 5.92 Å². The van der Waals surface area contributed by atoms with E-state index in [1.807, 2.05) is 31.2 Å². The number of rotatable bonds is 4. The van der Waals surface area contributed by atoms with Gasteiger partial charge in [0, 0.05) is 17.5 Å². The number of benzene rings is 2. The van der Waals surface area contributed by atoms with Gasteiger partial charge in [-0.3, -0.25) is 4.79 Å². The highest BCUT2D eigenvalue weighted by Gasteiger charge is 2.33. The van der Waals surface area contributed by atoms with Crippen molar-refractivity contribution in [1.82, 2.24) is 4.90 Å². The van der Waals surface area contributed by atoms with Gasteiger partial charge in [-0.2, -0.15) is 0 Å². The minimum absolute atomic E-state index is 0.0148. The van der Waals surface area contributed by atoms with Crippen LogP contribution < -0.4 is 0 Å². The molecule has 126 valence electrons. The van der Waals surface area contributed by atoms with Crippen LogP contribution in [0.4, 0.5) is 0 Å². The monoisotopic (exact) mass is 341 g/mol. The van der Waals surface area contributed by atoms with Crippen molar-refractivity contribution < 1.29 is 4.79 Å². The van der Waals surface area contributed by atoms with E-state index in [4.69, 9.17) is 11.6 Å². The molecule has 1 heterocycles. The molecule has 3 rings (SSSR count). The van der Waals surface area contributed by atoms with Crippen molar-refractivity contribution in [3.8, 4) is 0 Å². The third-order valence-corrected chi connectivity index (χ3v) is 5.15. The van der Waals surface area contributed by atoms with Gasteiger partial charge in [0.1, 0.15) is 0 Å². The maximum absolute atomic E-state index is 13.0. The Hall–Kier alpha value is -1.80. The predicted molar refractivity (Wildman–Crippen MR) is 99.2 cm³/mol. The number of nitrogens with zero attached hydrogens (tertiary/aromatic N) is 1. The van der Waals surface area contributed by atoms with Crippen LogP contribution >= 0.6 is 11.6 Å². The van der Waals surface area contributed by atoms with E-state index in [9.17, 15) is 4.79 Å². The van der Waals surface area contributed by atoms with Gasteiger partial charge in [0.25, 0.3) is 0 Å². The number of halogens is 1. The van der Waals surface area contributed by atoms with Crippen LogP contribution in [0.25, 0.3) is 0 Å². The van der Waals surface area contributed by atoms with Gasteiger partial charge < -0.3 is 4.90 Å². The van der Waals surface area contributed by atoms with E-state index in [-0.39, 0.29) is 17.9 Å². The molecular weight excluding hydrogens is 318 g/mol. The fraction of sp³-hybridized carbons (Fsp3) is 0.381. The molecule has 1 amide bonds. The maximum Gasteiger partial charge on any atom is 0.226 e. The van der Waals surface area contributed by atoms with Crippen molar-refractivity contribution in [2.45, 2.75) is 39.2 Å². The summed E-state index contributed by atoms with van der Waals surface area (Å²) in [6.45, 7) is 4.95. The van der Waals surface area contributed by atoms with E-state index >= 15 is 0 Å². The molecule has 3 heteroatoms. The fourth-order valence-electron chi connectivity index (χ4n) is 3.65. The Balaban J connectivity index is 2.02. The van der Waals surface area contributed by atoms with E-state index in [1.165, 1.54) is 11.1 Å². The number of amides is 1. The summed E-state index contributed by atoms with van der Waals surface area (Å²) >= 11 is 6.06. The molecule has 2 aromatic rings. The Labute approximate surface area is 149 Å². The molecule has 2 nitrogen and oxygen atoms in total. The van der Waals surface area contributed by atoms with E-state index in [0.717, 1.165) is 36.4 Å². The highest BCUT2D eigenvalue weighted by molar-refractivity contribution is 6.30. The molecule has 0 saturated carbocycles. The fourth-order valence-corrected chi connectivity index (χ4v) is 3.77. The normalized spacial score (nSPS) is 18.1. The van der Waals surface area contributed by atoms with Crippen molar-refractivity contribution in [1.29, 1.82) is 0 Å². The third-order valence-electron chi connectivity index (χ3n) is 4.90. The number of carbonyl (C=O) groups excluding carboxylic acids is 1. The van der Waals surface area contributed by atoms with Crippen LogP contribution in [0.5, 0.6) is 0 Å². The lowest BCUT2D eigenvalue weighted by molar-refractivity contribution is -0.137. The lowest BCUT2D eigenvalue weighted by Crippen LogP contribution is -2.43. The summed E-state index contributed by atoms with van der Waals surface area (Å²) in [5, 5.41) is 0.722. The van der Waals surface area contributed by atoms with Crippen LogP contribution in [-0.2, 0) is 11.2 Å². The Bertz CT molecular complexity index is 710. The van der Waals surface area contributed by atoms with Crippen LogP contribution in [0.3, 0.4) is 0 Å². The van der Waals surface area contributed by atoms with Crippen molar-refractivity contribution in [3.05, 3.63) is 70.2 Å². The quantitative estimate of drug-likeness (QED) is 0.743. The summed E-state index contributed by atoms with van der Waals surface area (Å²) < 4.78 is 0. The number of fused-ring (bicyclic) bond motifs is 1. The second kappa shape index (κ2) is 7.40. The summed E-state index contributed by atoms with van der Waals surface area (Å²) in [7, 11) is 0. The van der Waals surface area contributed by atoms with E-state index in [2.05, 4.69) is 36.1 Å². The lowest BCUT2D eigenvalue weighted by Gasteiger charge is -2.39. The molecule has 0 spiro atoms. The van der Waals surface area contributed by atoms with Gasteiger partial charge in [-0.15, -0.1) is 0 Å².